The van der Waals surface area contributed by atoms with E-state index in [1.165, 1.54) is 0 Å². The molecule has 0 aromatic heterocycles. The summed E-state index contributed by atoms with van der Waals surface area (Å²) in [5.74, 6) is 0.835. The monoisotopic (exact) mass is 271 g/mol. The summed E-state index contributed by atoms with van der Waals surface area (Å²) in [7, 11) is -3.46. The molecule has 18 heavy (non-hydrogen) atoms. The Hall–Kier alpha value is -0.640. The fourth-order valence-corrected chi connectivity index (χ4v) is 5.28. The second kappa shape index (κ2) is 5.16. The van der Waals surface area contributed by atoms with Gasteiger partial charge in [-0.3, -0.25) is 0 Å². The highest BCUT2D eigenvalue weighted by atomic mass is 32.2. The Morgan fingerprint density at radius 1 is 1.44 bits per heavy atom. The third kappa shape index (κ3) is 2.04. The van der Waals surface area contributed by atoms with Gasteiger partial charge in [0.1, 0.15) is 0 Å². The van der Waals surface area contributed by atoms with Crippen molar-refractivity contribution < 1.29 is 8.42 Å². The molecule has 2 rings (SSSR count). The largest absolute Gasteiger partial charge is 0.316 e. The first-order valence-electron chi connectivity index (χ1n) is 6.67. The minimum absolute atomic E-state index is 0.0670. The second-order valence-electron chi connectivity index (χ2n) is 5.20. The molecular weight excluding hydrogens is 250 g/mol. The van der Waals surface area contributed by atoms with Crippen LogP contribution in [0.5, 0.6) is 0 Å². The van der Waals surface area contributed by atoms with Gasteiger partial charge in [0.25, 0.3) is 0 Å². The first-order valence-corrected chi connectivity index (χ1v) is 8.17. The van der Waals surface area contributed by atoms with Gasteiger partial charge in [0.2, 0.25) is 10.0 Å². The Bertz CT molecular complexity index is 443. The van der Waals surface area contributed by atoms with Gasteiger partial charge in [-0.05, 0) is 37.8 Å². The standard InChI is InChI=1S/C12H21N3O2S/c1-3-10(5-13)18(16,17)15-8-9-6-14-7-11(9)12(15)4-2/h9-12,14H,3-4,6-8H2,1-2H3. The van der Waals surface area contributed by atoms with Crippen LogP contribution in [0.1, 0.15) is 26.7 Å². The number of fused-ring (bicyclic) bond motifs is 1. The third-order valence-corrected chi connectivity index (χ3v) is 6.52. The SMILES string of the molecule is CCC1C2CNCC2CN1S(=O)(=O)C(C#N)CC. The van der Waals surface area contributed by atoms with Gasteiger partial charge in [0.15, 0.2) is 5.25 Å². The molecule has 0 aliphatic carbocycles. The number of nitrogens with zero attached hydrogens (tertiary/aromatic N) is 2. The van der Waals surface area contributed by atoms with Crippen molar-refractivity contribution in [2.24, 2.45) is 11.8 Å². The predicted octanol–water partition coefficient (Wildman–Crippen LogP) is 0.548. The maximum absolute atomic E-state index is 12.5. The van der Waals surface area contributed by atoms with E-state index in [1.54, 1.807) is 11.2 Å². The van der Waals surface area contributed by atoms with Gasteiger partial charge in [0.05, 0.1) is 6.07 Å². The predicted molar refractivity (Wildman–Crippen MR) is 69.2 cm³/mol. The van der Waals surface area contributed by atoms with Gasteiger partial charge in [-0.1, -0.05) is 13.8 Å². The van der Waals surface area contributed by atoms with Gasteiger partial charge >= 0.3 is 0 Å². The van der Waals surface area contributed by atoms with E-state index in [-0.39, 0.29) is 6.04 Å². The van der Waals surface area contributed by atoms with Crippen LogP contribution in [-0.4, -0.2) is 43.6 Å². The topological polar surface area (TPSA) is 73.2 Å². The summed E-state index contributed by atoms with van der Waals surface area (Å²) in [5.41, 5.74) is 0. The van der Waals surface area contributed by atoms with E-state index in [4.69, 9.17) is 5.26 Å². The van der Waals surface area contributed by atoms with Crippen LogP contribution in [0.4, 0.5) is 0 Å². The van der Waals surface area contributed by atoms with E-state index < -0.39 is 15.3 Å². The van der Waals surface area contributed by atoms with Crippen LogP contribution in [0.25, 0.3) is 0 Å². The maximum atomic E-state index is 12.5. The highest BCUT2D eigenvalue weighted by Crippen LogP contribution is 2.37. The van der Waals surface area contributed by atoms with Crippen molar-refractivity contribution in [3.63, 3.8) is 0 Å². The van der Waals surface area contributed by atoms with Crippen LogP contribution < -0.4 is 5.32 Å². The molecule has 5 nitrogen and oxygen atoms in total. The lowest BCUT2D eigenvalue weighted by Gasteiger charge is -2.27. The van der Waals surface area contributed by atoms with E-state index in [9.17, 15) is 8.42 Å². The summed E-state index contributed by atoms with van der Waals surface area (Å²) in [4.78, 5) is 0. The van der Waals surface area contributed by atoms with E-state index in [0.717, 1.165) is 19.5 Å². The zero-order valence-corrected chi connectivity index (χ0v) is 11.8. The van der Waals surface area contributed by atoms with E-state index >= 15 is 0 Å². The summed E-state index contributed by atoms with van der Waals surface area (Å²) in [6.07, 6.45) is 1.18. The molecule has 4 unspecified atom stereocenters. The van der Waals surface area contributed by atoms with Crippen molar-refractivity contribution in [2.75, 3.05) is 19.6 Å². The summed E-state index contributed by atoms with van der Waals surface area (Å²) < 4.78 is 26.6. The zero-order valence-electron chi connectivity index (χ0n) is 11.0. The molecular formula is C12H21N3O2S. The average Bonchev–Trinajstić information content (AvgIpc) is 2.89. The maximum Gasteiger partial charge on any atom is 0.230 e. The first-order chi connectivity index (χ1) is 8.56. The lowest BCUT2D eigenvalue weighted by atomic mass is 9.93. The lowest BCUT2D eigenvalue weighted by Crippen LogP contribution is -2.43. The van der Waals surface area contributed by atoms with Gasteiger partial charge in [0, 0.05) is 12.6 Å². The van der Waals surface area contributed by atoms with Crippen molar-refractivity contribution in [1.82, 2.24) is 9.62 Å². The molecule has 1 N–H and O–H groups in total. The fourth-order valence-electron chi connectivity index (χ4n) is 3.31. The third-order valence-electron chi connectivity index (χ3n) is 4.29. The molecule has 2 aliphatic rings. The number of hydrogen-bond acceptors (Lipinski definition) is 4. The highest BCUT2D eigenvalue weighted by molar-refractivity contribution is 7.90. The Morgan fingerprint density at radius 3 is 2.72 bits per heavy atom. The van der Waals surface area contributed by atoms with Gasteiger partial charge < -0.3 is 5.32 Å². The van der Waals surface area contributed by atoms with E-state index in [0.29, 0.717) is 24.8 Å². The summed E-state index contributed by atoms with van der Waals surface area (Å²) in [6, 6.07) is 2.00. The van der Waals surface area contributed by atoms with Crippen LogP contribution in [-0.2, 0) is 10.0 Å². The second-order valence-corrected chi connectivity index (χ2v) is 7.27. The molecule has 102 valence electrons. The smallest absolute Gasteiger partial charge is 0.230 e. The molecule has 2 aliphatic heterocycles. The van der Waals surface area contributed by atoms with Crippen molar-refractivity contribution in [3.05, 3.63) is 0 Å². The zero-order chi connectivity index (χ0) is 13.3. The van der Waals surface area contributed by atoms with E-state index in [1.807, 2.05) is 13.0 Å². The van der Waals surface area contributed by atoms with Crippen molar-refractivity contribution >= 4 is 10.0 Å². The molecule has 0 bridgehead atoms. The Balaban J connectivity index is 2.26. The average molecular weight is 271 g/mol. The fraction of sp³-hybridized carbons (Fsp3) is 0.917. The molecule has 4 atom stereocenters. The molecule has 0 saturated carbocycles. The molecule has 2 saturated heterocycles. The summed E-state index contributed by atoms with van der Waals surface area (Å²) >= 11 is 0. The van der Waals surface area contributed by atoms with Crippen molar-refractivity contribution in [3.8, 4) is 6.07 Å². The Labute approximate surface area is 109 Å². The summed E-state index contributed by atoms with van der Waals surface area (Å²) in [5, 5.41) is 11.5. The molecule has 6 heteroatoms. The van der Waals surface area contributed by atoms with Gasteiger partial charge in [-0.15, -0.1) is 0 Å². The number of sulfonamides is 1. The van der Waals surface area contributed by atoms with Crippen molar-refractivity contribution in [1.29, 1.82) is 5.26 Å². The number of nitriles is 1. The van der Waals surface area contributed by atoms with Crippen LogP contribution in [0.15, 0.2) is 0 Å². The Kier molecular flexibility index (Phi) is 3.95. The van der Waals surface area contributed by atoms with Crippen LogP contribution >= 0.6 is 0 Å². The highest BCUT2D eigenvalue weighted by Gasteiger charge is 2.49. The quantitative estimate of drug-likeness (QED) is 0.810. The molecule has 0 aromatic rings. The van der Waals surface area contributed by atoms with Crippen LogP contribution in [0.2, 0.25) is 0 Å². The normalized spacial score (nSPS) is 34.2. The molecule has 2 heterocycles. The summed E-state index contributed by atoms with van der Waals surface area (Å²) in [6.45, 7) is 6.16. The van der Waals surface area contributed by atoms with Gasteiger partial charge in [-0.25, -0.2) is 8.42 Å². The van der Waals surface area contributed by atoms with E-state index in [2.05, 4.69) is 5.32 Å². The Morgan fingerprint density at radius 2 is 2.17 bits per heavy atom. The first kappa shape index (κ1) is 13.8. The number of nitrogens with one attached hydrogen (secondary N) is 1. The molecule has 0 spiro atoms. The number of hydrogen-bond donors (Lipinski definition) is 1. The van der Waals surface area contributed by atoms with Crippen LogP contribution in [0.3, 0.4) is 0 Å². The van der Waals surface area contributed by atoms with Gasteiger partial charge in [-0.2, -0.15) is 9.57 Å². The lowest BCUT2D eigenvalue weighted by molar-refractivity contribution is 0.327. The van der Waals surface area contributed by atoms with Crippen molar-refractivity contribution in [2.45, 2.75) is 38.0 Å². The molecule has 0 radical (unpaired) electrons. The van der Waals surface area contributed by atoms with Crippen LogP contribution in [0, 0.1) is 23.2 Å². The molecule has 0 amide bonds. The molecule has 0 aromatic carbocycles. The number of rotatable bonds is 4. The molecule has 2 fully saturated rings. The minimum Gasteiger partial charge on any atom is -0.316 e. The minimum atomic E-state index is -3.46.